The van der Waals surface area contributed by atoms with Crippen LogP contribution in [0.5, 0.6) is 5.75 Å². The maximum absolute atomic E-state index is 12.7. The predicted octanol–water partition coefficient (Wildman–Crippen LogP) is 20.5. The summed E-state index contributed by atoms with van der Waals surface area (Å²) < 4.78 is 168. The van der Waals surface area contributed by atoms with Crippen molar-refractivity contribution in [1.82, 2.24) is 81.4 Å². The molecule has 0 bridgehead atoms. The minimum absolute atomic E-state index is 0.0656. The topological polar surface area (TPSA) is 424 Å². The number of hydrogen-bond acceptors (Lipinski definition) is 34. The number of rotatable bonds is 29. The summed E-state index contributed by atoms with van der Waals surface area (Å²) in [6, 6.07) is 63.0. The van der Waals surface area contributed by atoms with Crippen LogP contribution in [0.3, 0.4) is 0 Å². The summed E-state index contributed by atoms with van der Waals surface area (Å²) in [5.41, 5.74) is 9.13. The molecule has 12 heterocycles. The fourth-order valence-corrected chi connectivity index (χ4v) is 28.3. The van der Waals surface area contributed by atoms with Crippen LogP contribution in [0.25, 0.3) is 0 Å². The van der Waals surface area contributed by atoms with Gasteiger partial charge in [0.05, 0.1) is 31.1 Å². The second-order valence-electron chi connectivity index (χ2n) is 35.3. The predicted molar refractivity (Wildman–Crippen MR) is 559 cm³/mol. The van der Waals surface area contributed by atoms with Gasteiger partial charge < -0.3 is 9.26 Å². The molecule has 7 atom stereocenters. The second kappa shape index (κ2) is 49.2. The molecule has 34 nitrogen and oxygen atoms in total. The highest BCUT2D eigenvalue weighted by Crippen LogP contribution is 2.45. The second-order valence-corrected chi connectivity index (χ2v) is 48.5. The summed E-state index contributed by atoms with van der Waals surface area (Å²) in [6.45, 7) is 16.5. The minimum atomic E-state index is -3.77. The van der Waals surface area contributed by atoms with Crippen LogP contribution in [0, 0.1) is 6.92 Å². The summed E-state index contributed by atoms with van der Waals surface area (Å²) in [7, 11) is -18.5. The van der Waals surface area contributed by atoms with Gasteiger partial charge in [0, 0.05) is 147 Å². The number of halogens is 2. The van der Waals surface area contributed by atoms with E-state index in [4.69, 9.17) is 32.5 Å². The van der Waals surface area contributed by atoms with Crippen LogP contribution in [0.2, 0.25) is 10.0 Å². The monoisotopic (exact) mass is 2170 g/mol. The molecule has 756 valence electrons. The highest BCUT2D eigenvalue weighted by Gasteiger charge is 2.37. The lowest BCUT2D eigenvalue weighted by atomic mass is 9.92. The lowest BCUT2D eigenvalue weighted by Crippen LogP contribution is -2.40. The lowest BCUT2D eigenvalue weighted by Gasteiger charge is -2.40. The normalized spacial score (nSPS) is 19.0. The maximum Gasteiger partial charge on any atom is 0.263 e. The molecule has 0 aliphatic carbocycles. The van der Waals surface area contributed by atoms with Gasteiger partial charge >= 0.3 is 0 Å². The van der Waals surface area contributed by atoms with E-state index in [0.717, 1.165) is 195 Å². The number of piperidine rings is 5. The standard InChI is InChI=1S/C21H23ClN4O2S2.2C20H22N4O2S2.C19H22N6O4S2.C17H23ClN4O2S2/c1-15(26-12-6-5-9-20(26)16-7-3-2-4-8-16)18-11-10-17(13-19(18)22)30(27,28)25-21-23-14-24-29-21;2*25-28(26,23-20-21-15-22-27-20)18-11-9-16(10-12-18)14-24-13-5-4-8-19(24)17-6-2-1-3-7-17;1-12-22-18(29-23-12)13-4-7-25(8-5-13)16-6-9-28-17-10-14(2-3-15(16)17)31(26,27)24-19-20-11-21-30-19;1-3-13-6-4-5-9-22(13)12(2)15-8-7-14(10-16(15)18)26(23,24)21-17-19-11-20-25-17/h2-4,7-8,10-11,13-15,20H,5-6,9,12H2,1H3,(H,23,24,25);2*1-3,6-7,9-12,15,19H,4-5,8,13-14H2,(H,21,22,23);2-3,10-11,13,16H,4-9H2,1H3,(H,20,21,24);7-8,10-13H,3-6,9H2,1-2H3,(H,19,20,21)/t15-,20-;2*19-;16-;12-,13-/m01000/s1. The fraction of sp³-hybridized carbons (Fsp3) is 0.381. The molecular formula is C97H112Cl2N22O12S10. The van der Waals surface area contributed by atoms with Gasteiger partial charge in [-0.3, -0.25) is 48.1 Å². The fourth-order valence-electron chi connectivity index (χ4n) is 19.1. The SMILES string of the molecule is CC[C@H]1CCCCN1[C@@H](C)c1ccc(S(=O)(=O)Nc2ncns2)cc1Cl.C[C@@H](c1ccc(S(=O)(=O)Nc2ncns2)cc1Cl)N1CCCC[C@H]1c1ccccc1.Cc1noc(C2CCN([C@H]3CCOc4cc(S(=O)(=O)Nc5ncns5)ccc43)CC2)n1.O=S(=O)(Nc1ncns1)c1ccc(CN2CCCC[C@@H]2c2ccccc2)cc1.O=S(=O)(Nc1ncns1)c1ccc(CN2CCCC[C@H]2c2ccccc2)cc1. The zero-order valence-electron chi connectivity index (χ0n) is 79.0. The molecule has 0 unspecified atom stereocenters. The number of nitrogens with zero attached hydrogens (tertiary/aromatic N) is 17. The van der Waals surface area contributed by atoms with Crippen LogP contribution in [0.1, 0.15) is 222 Å². The van der Waals surface area contributed by atoms with Crippen LogP contribution in [-0.2, 0) is 63.2 Å². The summed E-state index contributed by atoms with van der Waals surface area (Å²) in [6.07, 6.45) is 24.8. The number of likely N-dealkylation sites (tertiary alicyclic amines) is 5. The van der Waals surface area contributed by atoms with Gasteiger partial charge in [0.1, 0.15) is 37.4 Å². The Bertz CT molecular complexity index is 6850. The highest BCUT2D eigenvalue weighted by molar-refractivity contribution is 7.94. The Balaban J connectivity index is 0.000000129. The van der Waals surface area contributed by atoms with Gasteiger partial charge in [0.15, 0.2) is 5.82 Å². The van der Waals surface area contributed by atoms with Crippen molar-refractivity contribution in [3.63, 3.8) is 0 Å². The van der Waals surface area contributed by atoms with E-state index in [0.29, 0.717) is 52.4 Å². The third-order valence-electron chi connectivity index (χ3n) is 26.2. The molecule has 5 fully saturated rings. The number of aromatic nitrogens is 12. The average Bonchev–Trinajstić information content (AvgIpc) is 1.60. The molecule has 46 heteroatoms. The van der Waals surface area contributed by atoms with E-state index in [1.54, 1.807) is 48.5 Å². The Morgan fingerprint density at radius 1 is 0.392 bits per heavy atom. The Kier molecular flexibility index (Phi) is 36.3. The van der Waals surface area contributed by atoms with E-state index in [2.05, 4.69) is 199 Å². The molecule has 6 aliphatic rings. The molecule has 0 saturated carbocycles. The number of sulfonamides is 5. The molecule has 6 aliphatic heterocycles. The lowest BCUT2D eigenvalue weighted by molar-refractivity contribution is 0.100. The molecule has 0 amide bonds. The molecule has 143 heavy (non-hydrogen) atoms. The smallest absolute Gasteiger partial charge is 0.263 e. The van der Waals surface area contributed by atoms with E-state index in [9.17, 15) is 42.1 Å². The summed E-state index contributed by atoms with van der Waals surface area (Å²) in [5.74, 6) is 2.30. The Morgan fingerprint density at radius 2 is 0.755 bits per heavy atom. The number of ether oxygens (including phenoxy) is 1. The van der Waals surface area contributed by atoms with Gasteiger partial charge in [0.2, 0.25) is 31.5 Å². The van der Waals surface area contributed by atoms with Gasteiger partial charge in [-0.1, -0.05) is 194 Å². The van der Waals surface area contributed by atoms with Crippen LogP contribution in [0.4, 0.5) is 25.7 Å². The molecule has 6 aromatic heterocycles. The summed E-state index contributed by atoms with van der Waals surface area (Å²) >= 11 is 18.0. The van der Waals surface area contributed by atoms with Crippen molar-refractivity contribution in [3.8, 4) is 5.75 Å². The third-order valence-corrected chi connectivity index (χ3v) is 37.2. The number of hydrogen-bond donors (Lipinski definition) is 5. The number of anilines is 5. The molecular weight excluding hydrogens is 2060 g/mol. The number of fused-ring (bicyclic) bond motifs is 1. The molecule has 5 N–H and O–H groups in total. The largest absolute Gasteiger partial charge is 0.493 e. The van der Waals surface area contributed by atoms with Gasteiger partial charge in [-0.2, -0.15) is 26.9 Å². The van der Waals surface area contributed by atoms with E-state index in [-0.39, 0.29) is 74.2 Å². The van der Waals surface area contributed by atoms with Crippen LogP contribution < -0.4 is 28.3 Å². The van der Waals surface area contributed by atoms with Crippen molar-refractivity contribution >= 4 is 157 Å². The highest BCUT2D eigenvalue weighted by atomic mass is 35.5. The third kappa shape index (κ3) is 27.9. The minimum Gasteiger partial charge on any atom is -0.493 e. The molecule has 14 aromatic rings. The van der Waals surface area contributed by atoms with Crippen molar-refractivity contribution in [2.24, 2.45) is 0 Å². The van der Waals surface area contributed by atoms with E-state index in [1.165, 1.54) is 112 Å². The van der Waals surface area contributed by atoms with Crippen LogP contribution in [-0.4, -0.2) is 175 Å². The Labute approximate surface area is 865 Å². The quantitative estimate of drug-likeness (QED) is 0.0291. The first-order chi connectivity index (χ1) is 69.1. The van der Waals surface area contributed by atoms with Crippen molar-refractivity contribution < 1.29 is 51.3 Å². The first-order valence-electron chi connectivity index (χ1n) is 47.3. The van der Waals surface area contributed by atoms with Crippen LogP contribution in [0.15, 0.2) is 255 Å². The first-order valence-corrected chi connectivity index (χ1v) is 59.3. The van der Waals surface area contributed by atoms with Gasteiger partial charge in [-0.25, -0.2) is 67.0 Å². The number of nitrogens with one attached hydrogen (secondary N) is 5. The average molecular weight is 2170 g/mol. The van der Waals surface area contributed by atoms with Crippen LogP contribution >= 0.6 is 80.9 Å². The van der Waals surface area contributed by atoms with Crippen molar-refractivity contribution in [3.05, 3.63) is 292 Å². The number of benzene rings is 8. The van der Waals surface area contributed by atoms with Gasteiger partial charge in [-0.05, 0) is 224 Å². The Morgan fingerprint density at radius 3 is 1.15 bits per heavy atom. The molecule has 5 saturated heterocycles. The molecule has 20 rings (SSSR count). The summed E-state index contributed by atoms with van der Waals surface area (Å²) in [5, 5.41) is 6.04. The number of aryl methyl sites for hydroxylation is 1. The molecule has 0 radical (unpaired) electrons. The molecule has 8 aromatic carbocycles. The Hall–Kier alpha value is -10.4. The zero-order chi connectivity index (χ0) is 100. The van der Waals surface area contributed by atoms with E-state index >= 15 is 0 Å². The van der Waals surface area contributed by atoms with Gasteiger partial charge in [-0.15, -0.1) is 0 Å². The van der Waals surface area contributed by atoms with E-state index < -0.39 is 50.1 Å². The molecule has 0 spiro atoms. The zero-order valence-corrected chi connectivity index (χ0v) is 88.7. The van der Waals surface area contributed by atoms with E-state index in [1.807, 2.05) is 67.6 Å². The first kappa shape index (κ1) is 105. The van der Waals surface area contributed by atoms with Crippen molar-refractivity contribution in [2.75, 3.05) is 69.5 Å². The van der Waals surface area contributed by atoms with Gasteiger partial charge in [0.25, 0.3) is 50.1 Å². The summed E-state index contributed by atoms with van der Waals surface area (Å²) in [4.78, 5) is 36.9. The van der Waals surface area contributed by atoms with Crippen molar-refractivity contribution in [1.29, 1.82) is 0 Å². The van der Waals surface area contributed by atoms with Crippen molar-refractivity contribution in [2.45, 2.75) is 216 Å². The maximum atomic E-state index is 12.7.